The number of aromatic nitrogens is 4. The number of aryl methyl sites for hydroxylation is 1. The maximum Gasteiger partial charge on any atom is 0.225 e. The van der Waals surface area contributed by atoms with Crippen LogP contribution >= 0.6 is 0 Å². The standard InChI is InChI=1S/C21H25N5O/c1-14(2)21(27)25-12-9-16(10-13-25)18-8-7-17-15(3)24-26(20(17)23-18)19-6-4-5-11-22-19/h4-8,11,14,16H,9-10,12-13H2,1-3H3. The lowest BCUT2D eigenvalue weighted by molar-refractivity contribution is -0.135. The number of likely N-dealkylation sites (tertiary alicyclic amines) is 1. The second kappa shape index (κ2) is 7.10. The Morgan fingerprint density at radius 2 is 1.93 bits per heavy atom. The molecular weight excluding hydrogens is 338 g/mol. The molecule has 27 heavy (non-hydrogen) atoms. The van der Waals surface area contributed by atoms with Gasteiger partial charge in [-0.05, 0) is 44.0 Å². The van der Waals surface area contributed by atoms with Crippen LogP contribution in [0.4, 0.5) is 0 Å². The summed E-state index contributed by atoms with van der Waals surface area (Å²) < 4.78 is 1.82. The zero-order valence-corrected chi connectivity index (χ0v) is 16.1. The number of carbonyl (C=O) groups excluding carboxylic acids is 1. The number of nitrogens with zero attached hydrogens (tertiary/aromatic N) is 5. The summed E-state index contributed by atoms with van der Waals surface area (Å²) in [4.78, 5) is 23.6. The molecule has 6 nitrogen and oxygen atoms in total. The first-order valence-electron chi connectivity index (χ1n) is 9.61. The smallest absolute Gasteiger partial charge is 0.225 e. The summed E-state index contributed by atoms with van der Waals surface area (Å²) in [5.74, 6) is 1.46. The van der Waals surface area contributed by atoms with E-state index in [9.17, 15) is 4.79 Å². The highest BCUT2D eigenvalue weighted by atomic mass is 16.2. The Balaban J connectivity index is 1.62. The lowest BCUT2D eigenvalue weighted by Gasteiger charge is -2.32. The van der Waals surface area contributed by atoms with Gasteiger partial charge in [0.2, 0.25) is 5.91 Å². The molecule has 0 N–H and O–H groups in total. The van der Waals surface area contributed by atoms with Gasteiger partial charge in [0.05, 0.1) is 5.69 Å². The van der Waals surface area contributed by atoms with Gasteiger partial charge in [0.15, 0.2) is 11.5 Å². The Morgan fingerprint density at radius 1 is 1.15 bits per heavy atom. The second-order valence-electron chi connectivity index (χ2n) is 7.55. The molecule has 1 amide bonds. The van der Waals surface area contributed by atoms with Crippen molar-refractivity contribution in [3.63, 3.8) is 0 Å². The molecule has 6 heteroatoms. The van der Waals surface area contributed by atoms with E-state index in [1.54, 1.807) is 6.20 Å². The van der Waals surface area contributed by atoms with Crippen molar-refractivity contribution in [2.75, 3.05) is 13.1 Å². The third kappa shape index (κ3) is 3.31. The van der Waals surface area contributed by atoms with E-state index in [2.05, 4.69) is 22.2 Å². The lowest BCUT2D eigenvalue weighted by atomic mass is 9.92. The SMILES string of the molecule is Cc1nn(-c2ccccn2)c2nc(C3CCN(C(=O)C(C)C)CC3)ccc12. The molecule has 0 aliphatic carbocycles. The van der Waals surface area contributed by atoms with Crippen LogP contribution in [0.25, 0.3) is 16.9 Å². The number of pyridine rings is 2. The van der Waals surface area contributed by atoms with Crippen LogP contribution in [0.3, 0.4) is 0 Å². The minimum absolute atomic E-state index is 0.0618. The van der Waals surface area contributed by atoms with Crippen LogP contribution in [0.1, 0.15) is 44.0 Å². The number of rotatable bonds is 3. The third-order valence-electron chi connectivity index (χ3n) is 5.32. The fraction of sp³-hybridized carbons (Fsp3) is 0.429. The van der Waals surface area contributed by atoms with E-state index in [4.69, 9.17) is 4.98 Å². The monoisotopic (exact) mass is 363 g/mol. The molecule has 1 saturated heterocycles. The molecular formula is C21H25N5O. The molecule has 0 bridgehead atoms. The van der Waals surface area contributed by atoms with Gasteiger partial charge in [-0.1, -0.05) is 19.9 Å². The highest BCUT2D eigenvalue weighted by Crippen LogP contribution is 2.29. The minimum atomic E-state index is 0.0618. The average molecular weight is 363 g/mol. The normalized spacial score (nSPS) is 15.6. The lowest BCUT2D eigenvalue weighted by Crippen LogP contribution is -2.40. The predicted molar refractivity (Wildman–Crippen MR) is 105 cm³/mol. The molecule has 0 unspecified atom stereocenters. The van der Waals surface area contributed by atoms with Crippen LogP contribution in [0, 0.1) is 12.8 Å². The van der Waals surface area contributed by atoms with Gasteiger partial charge in [-0.25, -0.2) is 9.97 Å². The predicted octanol–water partition coefficient (Wildman–Crippen LogP) is 3.49. The van der Waals surface area contributed by atoms with Gasteiger partial charge in [0.1, 0.15) is 0 Å². The first kappa shape index (κ1) is 17.6. The molecule has 0 spiro atoms. The molecule has 0 atom stereocenters. The molecule has 3 aromatic rings. The topological polar surface area (TPSA) is 63.9 Å². The van der Waals surface area contributed by atoms with Gasteiger partial charge in [-0.15, -0.1) is 0 Å². The molecule has 1 fully saturated rings. The van der Waals surface area contributed by atoms with E-state index >= 15 is 0 Å². The summed E-state index contributed by atoms with van der Waals surface area (Å²) >= 11 is 0. The molecule has 1 aliphatic heterocycles. The average Bonchev–Trinajstić information content (AvgIpc) is 3.04. The van der Waals surface area contributed by atoms with E-state index < -0.39 is 0 Å². The summed E-state index contributed by atoms with van der Waals surface area (Å²) in [6.45, 7) is 7.54. The van der Waals surface area contributed by atoms with E-state index in [1.807, 2.05) is 48.6 Å². The van der Waals surface area contributed by atoms with Crippen molar-refractivity contribution in [3.8, 4) is 5.82 Å². The summed E-state index contributed by atoms with van der Waals surface area (Å²) in [6.07, 6.45) is 3.67. The van der Waals surface area contributed by atoms with Gasteiger partial charge < -0.3 is 4.90 Å². The number of amides is 1. The fourth-order valence-electron chi connectivity index (χ4n) is 3.79. The van der Waals surface area contributed by atoms with Gasteiger partial charge >= 0.3 is 0 Å². The molecule has 0 radical (unpaired) electrons. The molecule has 0 aromatic carbocycles. The summed E-state index contributed by atoms with van der Waals surface area (Å²) in [6, 6.07) is 10.0. The molecule has 3 aromatic heterocycles. The zero-order chi connectivity index (χ0) is 19.0. The van der Waals surface area contributed by atoms with Crippen molar-refractivity contribution >= 4 is 16.9 Å². The Labute approximate surface area is 159 Å². The van der Waals surface area contributed by atoms with Crippen LogP contribution in [0.15, 0.2) is 36.5 Å². The van der Waals surface area contributed by atoms with Crippen LogP contribution in [0.5, 0.6) is 0 Å². The number of carbonyl (C=O) groups is 1. The number of piperidine rings is 1. The molecule has 4 rings (SSSR count). The van der Waals surface area contributed by atoms with Crippen molar-refractivity contribution in [2.24, 2.45) is 5.92 Å². The van der Waals surface area contributed by atoms with Crippen molar-refractivity contribution in [2.45, 2.75) is 39.5 Å². The first-order chi connectivity index (χ1) is 13.0. The van der Waals surface area contributed by atoms with Gasteiger partial charge in [-0.3, -0.25) is 4.79 Å². The Hall–Kier alpha value is -2.76. The van der Waals surface area contributed by atoms with Gasteiger partial charge in [0, 0.05) is 42.2 Å². The molecule has 1 aliphatic rings. The summed E-state index contributed by atoms with van der Waals surface area (Å²) in [5.41, 5.74) is 2.88. The molecule has 0 saturated carbocycles. The highest BCUT2D eigenvalue weighted by Gasteiger charge is 2.26. The highest BCUT2D eigenvalue weighted by molar-refractivity contribution is 5.80. The van der Waals surface area contributed by atoms with E-state index in [1.165, 1.54) is 0 Å². The van der Waals surface area contributed by atoms with Crippen molar-refractivity contribution in [3.05, 3.63) is 47.9 Å². The molecule has 4 heterocycles. The first-order valence-corrected chi connectivity index (χ1v) is 9.61. The maximum absolute atomic E-state index is 12.2. The van der Waals surface area contributed by atoms with Crippen LogP contribution in [-0.2, 0) is 4.79 Å². The minimum Gasteiger partial charge on any atom is -0.342 e. The number of hydrogen-bond acceptors (Lipinski definition) is 4. The van der Waals surface area contributed by atoms with Crippen LogP contribution in [-0.4, -0.2) is 43.6 Å². The number of hydrogen-bond donors (Lipinski definition) is 0. The largest absolute Gasteiger partial charge is 0.342 e. The van der Waals surface area contributed by atoms with Crippen molar-refractivity contribution < 1.29 is 4.79 Å². The third-order valence-corrected chi connectivity index (χ3v) is 5.32. The van der Waals surface area contributed by atoms with Crippen molar-refractivity contribution in [1.29, 1.82) is 0 Å². The Morgan fingerprint density at radius 3 is 2.59 bits per heavy atom. The quantitative estimate of drug-likeness (QED) is 0.715. The van der Waals surface area contributed by atoms with Crippen LogP contribution < -0.4 is 0 Å². The van der Waals surface area contributed by atoms with Crippen LogP contribution in [0.2, 0.25) is 0 Å². The maximum atomic E-state index is 12.2. The van der Waals surface area contributed by atoms with E-state index in [-0.39, 0.29) is 11.8 Å². The summed E-state index contributed by atoms with van der Waals surface area (Å²) in [7, 11) is 0. The van der Waals surface area contributed by atoms with E-state index in [0.717, 1.165) is 54.2 Å². The van der Waals surface area contributed by atoms with Gasteiger partial charge in [0.25, 0.3) is 0 Å². The second-order valence-corrected chi connectivity index (χ2v) is 7.55. The van der Waals surface area contributed by atoms with Gasteiger partial charge in [-0.2, -0.15) is 9.78 Å². The van der Waals surface area contributed by atoms with E-state index in [0.29, 0.717) is 5.92 Å². The Bertz CT molecular complexity index is 955. The fourth-order valence-corrected chi connectivity index (χ4v) is 3.79. The zero-order valence-electron chi connectivity index (χ0n) is 16.1. The Kier molecular flexibility index (Phi) is 4.64. The number of fused-ring (bicyclic) bond motifs is 1. The summed E-state index contributed by atoms with van der Waals surface area (Å²) in [5, 5.41) is 5.69. The van der Waals surface area contributed by atoms with Crippen molar-refractivity contribution in [1.82, 2.24) is 24.6 Å². The molecule has 140 valence electrons.